The first-order chi connectivity index (χ1) is 21.5. The van der Waals surface area contributed by atoms with Crippen molar-refractivity contribution in [2.45, 2.75) is 37.8 Å². The number of ether oxygens (including phenoxy) is 2. The van der Waals surface area contributed by atoms with E-state index in [1.54, 1.807) is 30.2 Å². The maximum absolute atomic E-state index is 13.6. The van der Waals surface area contributed by atoms with Crippen LogP contribution in [0, 0.1) is 0 Å². The van der Waals surface area contributed by atoms with Crippen LogP contribution in [0.1, 0.15) is 45.8 Å². The third-order valence-electron chi connectivity index (χ3n) is 8.87. The van der Waals surface area contributed by atoms with Crippen LogP contribution < -0.4 is 14.4 Å². The third kappa shape index (κ3) is 4.83. The average molecular weight is 610 g/mol. The molecule has 2 amide bonds. The molecule has 1 N–H and O–H groups in total. The number of phenols is 1. The highest BCUT2D eigenvalue weighted by Gasteiger charge is 2.35. The predicted octanol–water partition coefficient (Wildman–Crippen LogP) is 6.37. The van der Waals surface area contributed by atoms with Crippen LogP contribution in [0.4, 0.5) is 11.4 Å². The van der Waals surface area contributed by atoms with E-state index < -0.39 is 0 Å². The number of methoxy groups -OCH3 is 1. The Kier molecular flexibility index (Phi) is 7.38. The van der Waals surface area contributed by atoms with Gasteiger partial charge in [0, 0.05) is 55.0 Å². The topological polar surface area (TPSA) is 91.7 Å². The number of phenolic OH excluding ortho intramolecular Hbond substituents is 1. The maximum Gasteiger partial charge on any atom is 0.257 e. The first-order valence-corrected chi connectivity index (χ1v) is 15.4. The van der Waals surface area contributed by atoms with E-state index in [9.17, 15) is 14.7 Å². The largest absolute Gasteiger partial charge is 0.507 e. The molecule has 4 aromatic rings. The molecule has 0 aromatic heterocycles. The molecule has 0 spiro atoms. The maximum atomic E-state index is 13.6. The van der Waals surface area contributed by atoms with E-state index >= 15 is 0 Å². The van der Waals surface area contributed by atoms with Crippen molar-refractivity contribution in [3.63, 3.8) is 0 Å². The van der Waals surface area contributed by atoms with E-state index in [2.05, 4.69) is 17.1 Å². The van der Waals surface area contributed by atoms with Crippen LogP contribution in [-0.4, -0.2) is 60.2 Å². The molecule has 9 heteroatoms. The lowest BCUT2D eigenvalue weighted by molar-refractivity contribution is -0.118. The molecule has 2 atom stereocenters. The lowest BCUT2D eigenvalue weighted by Gasteiger charge is -2.34. The highest BCUT2D eigenvalue weighted by molar-refractivity contribution is 6.19. The van der Waals surface area contributed by atoms with Crippen molar-refractivity contribution in [1.29, 1.82) is 0 Å². The van der Waals surface area contributed by atoms with E-state index in [0.29, 0.717) is 53.8 Å². The van der Waals surface area contributed by atoms with Gasteiger partial charge < -0.3 is 24.4 Å². The summed E-state index contributed by atoms with van der Waals surface area (Å²) in [7, 11) is 1.54. The number of aromatic hydroxyl groups is 1. The van der Waals surface area contributed by atoms with Crippen LogP contribution in [0.5, 0.6) is 17.2 Å². The number of fused-ring (bicyclic) bond motifs is 6. The van der Waals surface area contributed by atoms with Crippen LogP contribution >= 0.6 is 11.6 Å². The lowest BCUT2D eigenvalue weighted by Crippen LogP contribution is -2.44. The Morgan fingerprint density at radius 3 is 2.61 bits per heavy atom. The quantitative estimate of drug-likeness (QED) is 0.194. The number of rotatable bonds is 7. The zero-order chi connectivity index (χ0) is 30.4. The molecule has 1 unspecified atom stereocenters. The standard InChI is InChI=1S/C35H32ClN3O5/c1-43-31-14-27-28(37-18-24-13-21-7-2-3-8-22(21)19-38(24)35(27)42)15-32(31)44-12-6-11-33(41)39-20-23(17-36)34-26-10-5-4-9-25(26)30(40)16-29(34)39/h2-5,7-10,14-16,18,23-24,40H,6,11-13,17,19-20H2,1H3/t23?,24-/m0/s1. The number of alkyl halides is 1. The van der Waals surface area contributed by atoms with Crippen LogP contribution in [-0.2, 0) is 17.8 Å². The molecular formula is C35H32ClN3O5. The number of carbonyl (C=O) groups is 2. The molecule has 7 rings (SSSR count). The van der Waals surface area contributed by atoms with Crippen molar-refractivity contribution in [3.8, 4) is 17.2 Å². The smallest absolute Gasteiger partial charge is 0.257 e. The molecule has 0 bridgehead atoms. The normalized spacial score (nSPS) is 18.4. The zero-order valence-corrected chi connectivity index (χ0v) is 25.1. The molecule has 3 aliphatic rings. The Balaban J connectivity index is 1.05. The summed E-state index contributed by atoms with van der Waals surface area (Å²) < 4.78 is 11.7. The Morgan fingerprint density at radius 2 is 1.82 bits per heavy atom. The molecule has 3 aliphatic heterocycles. The van der Waals surface area contributed by atoms with E-state index in [-0.39, 0.29) is 42.6 Å². The summed E-state index contributed by atoms with van der Waals surface area (Å²) in [6.45, 7) is 1.27. The van der Waals surface area contributed by atoms with Crippen LogP contribution in [0.25, 0.3) is 10.8 Å². The first kappa shape index (κ1) is 28.2. The Bertz CT molecular complexity index is 1820. The lowest BCUT2D eigenvalue weighted by atomic mass is 9.94. The summed E-state index contributed by atoms with van der Waals surface area (Å²) in [5, 5.41) is 12.3. The Morgan fingerprint density at radius 1 is 1.05 bits per heavy atom. The summed E-state index contributed by atoms with van der Waals surface area (Å²) in [6, 6.07) is 20.8. The monoisotopic (exact) mass is 609 g/mol. The van der Waals surface area contributed by atoms with Crippen molar-refractivity contribution in [2.24, 2.45) is 4.99 Å². The number of hydrogen-bond acceptors (Lipinski definition) is 6. The van der Waals surface area contributed by atoms with Gasteiger partial charge in [-0.2, -0.15) is 0 Å². The van der Waals surface area contributed by atoms with E-state index in [1.165, 1.54) is 5.56 Å². The van der Waals surface area contributed by atoms with E-state index in [4.69, 9.17) is 21.1 Å². The summed E-state index contributed by atoms with van der Waals surface area (Å²) in [5.74, 6) is 1.27. The molecule has 3 heterocycles. The highest BCUT2D eigenvalue weighted by Crippen LogP contribution is 2.45. The number of aliphatic imine (C=N–C) groups is 1. The van der Waals surface area contributed by atoms with E-state index in [0.717, 1.165) is 28.3 Å². The molecule has 8 nitrogen and oxygen atoms in total. The van der Waals surface area contributed by atoms with Gasteiger partial charge in [0.25, 0.3) is 5.91 Å². The fourth-order valence-corrected chi connectivity index (χ4v) is 6.90. The Hall–Kier alpha value is -4.56. The van der Waals surface area contributed by atoms with Crippen molar-refractivity contribution in [2.75, 3.05) is 31.0 Å². The van der Waals surface area contributed by atoms with Crippen molar-refractivity contribution < 1.29 is 24.2 Å². The van der Waals surface area contributed by atoms with Gasteiger partial charge in [-0.3, -0.25) is 14.6 Å². The average Bonchev–Trinajstić information content (AvgIpc) is 3.37. The van der Waals surface area contributed by atoms with Gasteiger partial charge in [-0.1, -0.05) is 48.5 Å². The molecule has 0 fully saturated rings. The minimum Gasteiger partial charge on any atom is -0.507 e. The van der Waals surface area contributed by atoms with Gasteiger partial charge >= 0.3 is 0 Å². The molecule has 44 heavy (non-hydrogen) atoms. The first-order valence-electron chi connectivity index (χ1n) is 14.8. The molecule has 0 saturated carbocycles. The van der Waals surface area contributed by atoms with Gasteiger partial charge in [-0.25, -0.2) is 0 Å². The second kappa shape index (κ2) is 11.5. The number of carbonyl (C=O) groups excluding carboxylic acids is 2. The van der Waals surface area contributed by atoms with E-state index in [1.807, 2.05) is 47.5 Å². The number of anilines is 1. The van der Waals surface area contributed by atoms with Gasteiger partial charge in [-0.15, -0.1) is 11.6 Å². The van der Waals surface area contributed by atoms with Crippen molar-refractivity contribution in [1.82, 2.24) is 4.90 Å². The van der Waals surface area contributed by atoms with Gasteiger partial charge in [0.15, 0.2) is 11.5 Å². The van der Waals surface area contributed by atoms with Gasteiger partial charge in [0.1, 0.15) is 5.75 Å². The molecule has 224 valence electrons. The second-order valence-electron chi connectivity index (χ2n) is 11.5. The summed E-state index contributed by atoms with van der Waals surface area (Å²) in [5.41, 5.74) is 5.11. The number of hydrogen-bond donors (Lipinski definition) is 1. The summed E-state index contributed by atoms with van der Waals surface area (Å²) >= 11 is 6.33. The molecule has 0 aliphatic carbocycles. The van der Waals surface area contributed by atoms with Crippen LogP contribution in [0.15, 0.2) is 71.7 Å². The highest BCUT2D eigenvalue weighted by atomic mass is 35.5. The van der Waals surface area contributed by atoms with Crippen LogP contribution in [0.2, 0.25) is 0 Å². The number of nitrogens with zero attached hydrogens (tertiary/aromatic N) is 3. The minimum atomic E-state index is -0.125. The SMILES string of the molecule is COc1cc2c(cc1OCCCC(=O)N1CC(CCl)c3c1cc(O)c1ccccc31)N=C[C@@H]1Cc3ccccc3CN1C2=O. The molecule has 0 radical (unpaired) electrons. The predicted molar refractivity (Wildman–Crippen MR) is 171 cm³/mol. The van der Waals surface area contributed by atoms with Gasteiger partial charge in [-0.05, 0) is 41.0 Å². The number of amides is 2. The summed E-state index contributed by atoms with van der Waals surface area (Å²) in [4.78, 5) is 35.3. The van der Waals surface area contributed by atoms with Gasteiger partial charge in [0.2, 0.25) is 5.91 Å². The minimum absolute atomic E-state index is 0.0150. The fraction of sp³-hybridized carbons (Fsp3) is 0.286. The number of halogens is 1. The second-order valence-corrected chi connectivity index (χ2v) is 11.8. The fourth-order valence-electron chi connectivity index (χ4n) is 6.65. The van der Waals surface area contributed by atoms with Crippen molar-refractivity contribution in [3.05, 3.63) is 89.0 Å². The molecule has 4 aromatic carbocycles. The van der Waals surface area contributed by atoms with Gasteiger partial charge in [0.05, 0.1) is 36.7 Å². The third-order valence-corrected chi connectivity index (χ3v) is 9.24. The van der Waals surface area contributed by atoms with Crippen molar-refractivity contribution >= 4 is 51.8 Å². The molecular weight excluding hydrogens is 578 g/mol. The zero-order valence-electron chi connectivity index (χ0n) is 24.3. The number of benzene rings is 4. The summed E-state index contributed by atoms with van der Waals surface area (Å²) in [6.07, 6.45) is 3.28. The Labute approximate surface area is 260 Å². The molecule has 0 saturated heterocycles. The van der Waals surface area contributed by atoms with Crippen LogP contribution in [0.3, 0.4) is 0 Å².